The molecule has 2 aromatic heterocycles. The second-order valence-corrected chi connectivity index (χ2v) is 4.79. The van der Waals surface area contributed by atoms with E-state index in [1.54, 1.807) is 19.2 Å². The third kappa shape index (κ3) is 2.54. The summed E-state index contributed by atoms with van der Waals surface area (Å²) in [6, 6.07) is 13.5. The third-order valence-electron chi connectivity index (χ3n) is 3.21. The number of rotatable bonds is 2. The third-order valence-corrected chi connectivity index (χ3v) is 3.21. The van der Waals surface area contributed by atoms with Gasteiger partial charge in [0.15, 0.2) is 0 Å². The molecule has 4 nitrogen and oxygen atoms in total. The molecule has 0 saturated carbocycles. The highest BCUT2D eigenvalue weighted by molar-refractivity contribution is 5.79. The summed E-state index contributed by atoms with van der Waals surface area (Å²) in [5.74, 6) is 1.18. The summed E-state index contributed by atoms with van der Waals surface area (Å²) >= 11 is 0. The molecule has 3 rings (SSSR count). The monoisotopic (exact) mass is 275 g/mol. The molecule has 3 aromatic rings. The van der Waals surface area contributed by atoms with Crippen molar-refractivity contribution < 1.29 is 4.74 Å². The fourth-order valence-corrected chi connectivity index (χ4v) is 2.25. The maximum atomic E-state index is 9.26. The Morgan fingerprint density at radius 3 is 2.81 bits per heavy atom. The van der Waals surface area contributed by atoms with E-state index < -0.39 is 0 Å². The Balaban J connectivity index is 2.04. The van der Waals surface area contributed by atoms with Crippen LogP contribution >= 0.6 is 0 Å². The minimum Gasteiger partial charge on any atom is -0.456 e. The first-order valence-electron chi connectivity index (χ1n) is 6.58. The SMILES string of the molecule is Cc1cc(Oc2ccc3cccnc3c2)c(C#N)c(C)n1. The fourth-order valence-electron chi connectivity index (χ4n) is 2.25. The van der Waals surface area contributed by atoms with Crippen LogP contribution in [-0.2, 0) is 0 Å². The van der Waals surface area contributed by atoms with Gasteiger partial charge < -0.3 is 4.74 Å². The van der Waals surface area contributed by atoms with E-state index in [1.165, 1.54) is 0 Å². The van der Waals surface area contributed by atoms with Gasteiger partial charge in [0.25, 0.3) is 0 Å². The van der Waals surface area contributed by atoms with Crippen LogP contribution in [0.1, 0.15) is 17.0 Å². The lowest BCUT2D eigenvalue weighted by atomic mass is 10.1. The van der Waals surface area contributed by atoms with Crippen molar-refractivity contribution in [1.29, 1.82) is 5.26 Å². The Labute approximate surface area is 122 Å². The number of ether oxygens (including phenoxy) is 1. The molecule has 21 heavy (non-hydrogen) atoms. The Kier molecular flexibility index (Phi) is 3.25. The molecule has 0 aliphatic carbocycles. The van der Waals surface area contributed by atoms with Gasteiger partial charge in [-0.15, -0.1) is 0 Å². The van der Waals surface area contributed by atoms with Gasteiger partial charge in [-0.1, -0.05) is 6.07 Å². The van der Waals surface area contributed by atoms with Crippen LogP contribution in [0.25, 0.3) is 10.9 Å². The summed E-state index contributed by atoms with van der Waals surface area (Å²) in [7, 11) is 0. The molecule has 0 aliphatic rings. The van der Waals surface area contributed by atoms with Crippen molar-refractivity contribution in [2.75, 3.05) is 0 Å². The topological polar surface area (TPSA) is 58.8 Å². The zero-order valence-electron chi connectivity index (χ0n) is 11.8. The highest BCUT2D eigenvalue weighted by Crippen LogP contribution is 2.28. The average molecular weight is 275 g/mol. The minimum absolute atomic E-state index is 0.460. The molecule has 0 bridgehead atoms. The molecule has 0 spiro atoms. The summed E-state index contributed by atoms with van der Waals surface area (Å²) in [4.78, 5) is 8.59. The van der Waals surface area contributed by atoms with Crippen molar-refractivity contribution in [3.8, 4) is 17.6 Å². The largest absolute Gasteiger partial charge is 0.456 e. The van der Waals surface area contributed by atoms with Gasteiger partial charge in [0, 0.05) is 29.4 Å². The first-order chi connectivity index (χ1) is 10.2. The normalized spacial score (nSPS) is 10.3. The summed E-state index contributed by atoms with van der Waals surface area (Å²) in [5, 5.41) is 10.3. The number of pyridine rings is 2. The molecule has 0 amide bonds. The number of aromatic nitrogens is 2. The van der Waals surface area contributed by atoms with Crippen LogP contribution in [0.15, 0.2) is 42.6 Å². The Hall–Kier alpha value is -2.93. The summed E-state index contributed by atoms with van der Waals surface area (Å²) in [6.07, 6.45) is 1.74. The van der Waals surface area contributed by atoms with Crippen molar-refractivity contribution in [1.82, 2.24) is 9.97 Å². The Bertz CT molecular complexity index is 866. The van der Waals surface area contributed by atoms with Crippen LogP contribution < -0.4 is 4.74 Å². The Morgan fingerprint density at radius 2 is 2.00 bits per heavy atom. The number of hydrogen-bond donors (Lipinski definition) is 0. The van der Waals surface area contributed by atoms with Crippen LogP contribution in [0.4, 0.5) is 0 Å². The van der Waals surface area contributed by atoms with Crippen molar-refractivity contribution in [3.05, 3.63) is 59.5 Å². The summed E-state index contributed by atoms with van der Waals surface area (Å²) in [5.41, 5.74) is 2.81. The van der Waals surface area contributed by atoms with E-state index in [0.29, 0.717) is 22.8 Å². The molecular formula is C17H13N3O. The predicted octanol–water partition coefficient (Wildman–Crippen LogP) is 3.91. The number of nitrogens with zero attached hydrogens (tertiary/aromatic N) is 3. The molecule has 0 fully saturated rings. The molecule has 2 heterocycles. The fraction of sp³-hybridized carbons (Fsp3) is 0.118. The molecular weight excluding hydrogens is 262 g/mol. The number of hydrogen-bond acceptors (Lipinski definition) is 4. The van der Waals surface area contributed by atoms with Crippen molar-refractivity contribution in [2.45, 2.75) is 13.8 Å². The van der Waals surface area contributed by atoms with Gasteiger partial charge in [-0.05, 0) is 32.0 Å². The van der Waals surface area contributed by atoms with E-state index in [4.69, 9.17) is 4.74 Å². The zero-order valence-corrected chi connectivity index (χ0v) is 11.8. The van der Waals surface area contributed by atoms with Crippen LogP contribution in [0.3, 0.4) is 0 Å². The first kappa shape index (κ1) is 13.1. The summed E-state index contributed by atoms with van der Waals surface area (Å²) < 4.78 is 5.87. The molecule has 0 N–H and O–H groups in total. The molecule has 0 unspecified atom stereocenters. The van der Waals surface area contributed by atoms with E-state index in [9.17, 15) is 5.26 Å². The van der Waals surface area contributed by atoms with Gasteiger partial charge in [-0.25, -0.2) is 0 Å². The van der Waals surface area contributed by atoms with E-state index in [-0.39, 0.29) is 0 Å². The quantitative estimate of drug-likeness (QED) is 0.711. The number of fused-ring (bicyclic) bond motifs is 1. The highest BCUT2D eigenvalue weighted by Gasteiger charge is 2.10. The van der Waals surface area contributed by atoms with Crippen LogP contribution in [0, 0.1) is 25.2 Å². The van der Waals surface area contributed by atoms with E-state index in [0.717, 1.165) is 16.6 Å². The lowest BCUT2D eigenvalue weighted by Crippen LogP contribution is -1.96. The zero-order chi connectivity index (χ0) is 14.8. The molecule has 0 radical (unpaired) electrons. The van der Waals surface area contributed by atoms with Gasteiger partial charge in [0.05, 0.1) is 11.2 Å². The molecule has 4 heteroatoms. The standard InChI is InChI=1S/C17H13N3O/c1-11-8-17(15(10-18)12(2)20-11)21-14-6-5-13-4-3-7-19-16(13)9-14/h3-9H,1-2H3. The lowest BCUT2D eigenvalue weighted by molar-refractivity contribution is 0.479. The predicted molar refractivity (Wildman–Crippen MR) is 80.2 cm³/mol. The van der Waals surface area contributed by atoms with Crippen LogP contribution in [-0.4, -0.2) is 9.97 Å². The van der Waals surface area contributed by atoms with Crippen LogP contribution in [0.5, 0.6) is 11.5 Å². The molecule has 1 aromatic carbocycles. The maximum absolute atomic E-state index is 9.26. The van der Waals surface area contributed by atoms with Crippen LogP contribution in [0.2, 0.25) is 0 Å². The summed E-state index contributed by atoms with van der Waals surface area (Å²) in [6.45, 7) is 3.68. The van der Waals surface area contributed by atoms with Crippen molar-refractivity contribution in [2.24, 2.45) is 0 Å². The smallest absolute Gasteiger partial charge is 0.148 e. The van der Waals surface area contributed by atoms with E-state index in [2.05, 4.69) is 16.0 Å². The number of benzene rings is 1. The maximum Gasteiger partial charge on any atom is 0.148 e. The van der Waals surface area contributed by atoms with E-state index in [1.807, 2.05) is 37.3 Å². The molecule has 0 aliphatic heterocycles. The van der Waals surface area contributed by atoms with Gasteiger partial charge in [0.1, 0.15) is 23.1 Å². The molecule has 102 valence electrons. The number of nitriles is 1. The Morgan fingerprint density at radius 1 is 1.14 bits per heavy atom. The van der Waals surface area contributed by atoms with E-state index >= 15 is 0 Å². The molecule has 0 saturated heterocycles. The number of aryl methyl sites for hydroxylation is 2. The van der Waals surface area contributed by atoms with Crippen molar-refractivity contribution in [3.63, 3.8) is 0 Å². The van der Waals surface area contributed by atoms with Crippen molar-refractivity contribution >= 4 is 10.9 Å². The van der Waals surface area contributed by atoms with Gasteiger partial charge in [-0.3, -0.25) is 9.97 Å². The second kappa shape index (κ2) is 5.22. The highest BCUT2D eigenvalue weighted by atomic mass is 16.5. The molecule has 0 atom stereocenters. The minimum atomic E-state index is 0.460. The lowest BCUT2D eigenvalue weighted by Gasteiger charge is -2.10. The van der Waals surface area contributed by atoms with Gasteiger partial charge in [-0.2, -0.15) is 5.26 Å². The second-order valence-electron chi connectivity index (χ2n) is 4.79. The van der Waals surface area contributed by atoms with Gasteiger partial charge in [0.2, 0.25) is 0 Å². The first-order valence-corrected chi connectivity index (χ1v) is 6.58. The average Bonchev–Trinajstić information content (AvgIpc) is 2.47. The van der Waals surface area contributed by atoms with Gasteiger partial charge >= 0.3 is 0 Å².